The SMILES string of the molecule is Sc1ccccc1C1=C(Br)O1. The Morgan fingerprint density at radius 2 is 1.91 bits per heavy atom. The first-order chi connectivity index (χ1) is 5.29. The molecule has 0 bridgehead atoms. The van der Waals surface area contributed by atoms with Crippen LogP contribution in [0.5, 0.6) is 0 Å². The van der Waals surface area contributed by atoms with E-state index in [9.17, 15) is 0 Å². The van der Waals surface area contributed by atoms with Gasteiger partial charge in [-0.3, -0.25) is 0 Å². The van der Waals surface area contributed by atoms with Crippen molar-refractivity contribution in [1.82, 2.24) is 0 Å². The highest BCUT2D eigenvalue weighted by molar-refractivity contribution is 9.11. The van der Waals surface area contributed by atoms with Gasteiger partial charge in [-0.2, -0.15) is 0 Å². The first kappa shape index (κ1) is 7.25. The molecule has 0 spiro atoms. The quantitative estimate of drug-likeness (QED) is 0.730. The number of halogens is 1. The van der Waals surface area contributed by atoms with Crippen LogP contribution in [-0.4, -0.2) is 0 Å². The van der Waals surface area contributed by atoms with E-state index in [1.54, 1.807) is 0 Å². The van der Waals surface area contributed by atoms with E-state index < -0.39 is 0 Å². The molecule has 3 heteroatoms. The number of benzene rings is 1. The second kappa shape index (κ2) is 2.57. The normalized spacial score (nSPS) is 14.7. The predicted molar refractivity (Wildman–Crippen MR) is 50.6 cm³/mol. The lowest BCUT2D eigenvalue weighted by molar-refractivity contribution is 0.553. The summed E-state index contributed by atoms with van der Waals surface area (Å²) >= 11 is 7.53. The van der Waals surface area contributed by atoms with Gasteiger partial charge in [-0.05, 0) is 28.1 Å². The Morgan fingerprint density at radius 3 is 2.45 bits per heavy atom. The lowest BCUT2D eigenvalue weighted by Gasteiger charge is -1.94. The number of hydrogen-bond donors (Lipinski definition) is 1. The Bertz CT molecular complexity index is 333. The van der Waals surface area contributed by atoms with Gasteiger partial charge in [0, 0.05) is 10.5 Å². The molecule has 1 aliphatic rings. The maximum absolute atomic E-state index is 5.08. The summed E-state index contributed by atoms with van der Waals surface area (Å²) in [4.78, 5) is 0.942. The van der Waals surface area contributed by atoms with Crippen LogP contribution in [0.3, 0.4) is 0 Å². The molecule has 2 rings (SSSR count). The highest BCUT2D eigenvalue weighted by Crippen LogP contribution is 2.41. The van der Waals surface area contributed by atoms with Gasteiger partial charge in [-0.1, -0.05) is 12.1 Å². The molecule has 0 aliphatic carbocycles. The highest BCUT2D eigenvalue weighted by Gasteiger charge is 2.25. The van der Waals surface area contributed by atoms with Crippen molar-refractivity contribution in [3.63, 3.8) is 0 Å². The fraction of sp³-hybridized carbons (Fsp3) is 0. The minimum atomic E-state index is 0.819. The van der Waals surface area contributed by atoms with Gasteiger partial charge in [-0.25, -0.2) is 0 Å². The van der Waals surface area contributed by atoms with Gasteiger partial charge in [0.25, 0.3) is 0 Å². The molecule has 0 fully saturated rings. The van der Waals surface area contributed by atoms with E-state index in [-0.39, 0.29) is 0 Å². The van der Waals surface area contributed by atoms with Crippen molar-refractivity contribution in [2.24, 2.45) is 0 Å². The predicted octanol–water partition coefficient (Wildman–Crippen LogP) is 3.03. The molecular weight excluding hydrogens is 224 g/mol. The molecule has 1 nitrogen and oxygen atoms in total. The van der Waals surface area contributed by atoms with Crippen LogP contribution in [0.25, 0.3) is 5.76 Å². The topological polar surface area (TPSA) is 12.5 Å². The van der Waals surface area contributed by atoms with Gasteiger partial charge < -0.3 is 4.74 Å². The lowest BCUT2D eigenvalue weighted by Crippen LogP contribution is -1.75. The largest absolute Gasteiger partial charge is 0.441 e. The lowest BCUT2D eigenvalue weighted by atomic mass is 10.2. The van der Waals surface area contributed by atoms with E-state index in [1.165, 1.54) is 0 Å². The third kappa shape index (κ3) is 1.30. The first-order valence-electron chi connectivity index (χ1n) is 3.15. The summed E-state index contributed by atoms with van der Waals surface area (Å²) in [7, 11) is 0. The zero-order valence-electron chi connectivity index (χ0n) is 5.54. The van der Waals surface area contributed by atoms with Crippen molar-refractivity contribution >= 4 is 34.3 Å². The van der Waals surface area contributed by atoms with Crippen molar-refractivity contribution in [3.05, 3.63) is 34.5 Å². The van der Waals surface area contributed by atoms with Crippen LogP contribution < -0.4 is 0 Å². The molecule has 0 atom stereocenters. The molecule has 0 aromatic heterocycles. The summed E-state index contributed by atoms with van der Waals surface area (Å²) in [5.41, 5.74) is 1.04. The van der Waals surface area contributed by atoms with Gasteiger partial charge in [0.2, 0.25) is 4.67 Å². The molecule has 1 aromatic rings. The second-order valence-electron chi connectivity index (χ2n) is 2.22. The molecule has 1 aromatic carbocycles. The highest BCUT2D eigenvalue weighted by atomic mass is 79.9. The van der Waals surface area contributed by atoms with Crippen LogP contribution in [-0.2, 0) is 4.74 Å². The maximum Gasteiger partial charge on any atom is 0.213 e. The fourth-order valence-corrected chi connectivity index (χ4v) is 1.53. The van der Waals surface area contributed by atoms with Crippen molar-refractivity contribution in [3.8, 4) is 0 Å². The molecule has 56 valence electrons. The Labute approximate surface area is 78.6 Å². The summed E-state index contributed by atoms with van der Waals surface area (Å²) in [5, 5.41) is 0. The molecule has 0 amide bonds. The number of hydrogen-bond acceptors (Lipinski definition) is 2. The van der Waals surface area contributed by atoms with Gasteiger partial charge in [0.05, 0.1) is 0 Å². The smallest absolute Gasteiger partial charge is 0.213 e. The molecule has 0 saturated heterocycles. The third-order valence-electron chi connectivity index (χ3n) is 1.48. The first-order valence-corrected chi connectivity index (χ1v) is 4.39. The van der Waals surface area contributed by atoms with E-state index in [4.69, 9.17) is 4.74 Å². The number of thiol groups is 1. The Kier molecular flexibility index (Phi) is 1.69. The number of rotatable bonds is 1. The zero-order valence-corrected chi connectivity index (χ0v) is 8.02. The van der Waals surface area contributed by atoms with Crippen molar-refractivity contribution in [2.75, 3.05) is 0 Å². The summed E-state index contributed by atoms with van der Waals surface area (Å²) in [6.45, 7) is 0. The van der Waals surface area contributed by atoms with Crippen molar-refractivity contribution < 1.29 is 4.74 Å². The fourth-order valence-electron chi connectivity index (χ4n) is 0.891. The van der Waals surface area contributed by atoms with E-state index in [2.05, 4.69) is 28.6 Å². The average molecular weight is 229 g/mol. The third-order valence-corrected chi connectivity index (χ3v) is 2.39. The minimum Gasteiger partial charge on any atom is -0.441 e. The summed E-state index contributed by atoms with van der Waals surface area (Å²) in [6.07, 6.45) is 0. The van der Waals surface area contributed by atoms with Crippen LogP contribution >= 0.6 is 28.6 Å². The van der Waals surface area contributed by atoms with Crippen LogP contribution in [0.2, 0.25) is 0 Å². The Balaban J connectivity index is 2.46. The van der Waals surface area contributed by atoms with Crippen LogP contribution in [0.4, 0.5) is 0 Å². The molecule has 0 N–H and O–H groups in total. The standard InChI is InChI=1S/C8H5BrOS/c9-8-7(10-8)5-3-1-2-4-6(5)11/h1-4,11H. The maximum atomic E-state index is 5.08. The van der Waals surface area contributed by atoms with Crippen molar-refractivity contribution in [2.45, 2.75) is 4.90 Å². The van der Waals surface area contributed by atoms with Gasteiger partial charge in [-0.15, -0.1) is 12.6 Å². The minimum absolute atomic E-state index is 0.819. The molecular formula is C8H5BrOS. The summed E-state index contributed by atoms with van der Waals surface area (Å²) < 4.78 is 5.90. The van der Waals surface area contributed by atoms with Crippen LogP contribution in [0.1, 0.15) is 5.56 Å². The Morgan fingerprint density at radius 1 is 1.27 bits per heavy atom. The monoisotopic (exact) mass is 228 g/mol. The van der Waals surface area contributed by atoms with Crippen LogP contribution in [0.15, 0.2) is 33.8 Å². The molecule has 11 heavy (non-hydrogen) atoms. The van der Waals surface area contributed by atoms with Gasteiger partial charge >= 0.3 is 0 Å². The molecule has 0 radical (unpaired) electrons. The van der Waals surface area contributed by atoms with E-state index in [1.807, 2.05) is 24.3 Å². The summed E-state index contributed by atoms with van der Waals surface area (Å²) in [5.74, 6) is 0.899. The average Bonchev–Trinajstić information content (AvgIpc) is 2.68. The van der Waals surface area contributed by atoms with Gasteiger partial charge in [0.15, 0.2) is 5.76 Å². The Hall–Kier alpha value is -0.410. The molecule has 0 saturated carbocycles. The van der Waals surface area contributed by atoms with Gasteiger partial charge in [0.1, 0.15) is 0 Å². The van der Waals surface area contributed by atoms with Crippen molar-refractivity contribution in [1.29, 1.82) is 0 Å². The molecule has 1 aliphatic heterocycles. The van der Waals surface area contributed by atoms with E-state index in [0.29, 0.717) is 0 Å². The second-order valence-corrected chi connectivity index (χ2v) is 3.42. The molecule has 1 heterocycles. The number of ether oxygens (including phenoxy) is 1. The molecule has 0 unspecified atom stereocenters. The van der Waals surface area contributed by atoms with Crippen LogP contribution in [0, 0.1) is 0 Å². The van der Waals surface area contributed by atoms with E-state index in [0.717, 1.165) is 20.9 Å². The van der Waals surface area contributed by atoms with E-state index >= 15 is 0 Å². The zero-order chi connectivity index (χ0) is 7.84. The summed E-state index contributed by atoms with van der Waals surface area (Å²) in [6, 6.07) is 7.83.